The zero-order valence-electron chi connectivity index (χ0n) is 16.0. The predicted molar refractivity (Wildman–Crippen MR) is 104 cm³/mol. The fourth-order valence-corrected chi connectivity index (χ4v) is 4.98. The molecule has 2 aromatic rings. The topological polar surface area (TPSA) is 81.4 Å². The molecular formula is C20H23FN2O3S. The molecule has 144 valence electrons. The molecule has 27 heavy (non-hydrogen) atoms. The zero-order chi connectivity index (χ0) is 20.1. The van der Waals surface area contributed by atoms with Crippen LogP contribution in [0, 0.1) is 12.7 Å². The van der Waals surface area contributed by atoms with Crippen molar-refractivity contribution in [3.8, 4) is 0 Å². The molecule has 1 aliphatic rings. The van der Waals surface area contributed by atoms with E-state index in [0.29, 0.717) is 28.1 Å². The molecule has 0 atom stereocenters. The summed E-state index contributed by atoms with van der Waals surface area (Å²) in [7, 11) is 0. The first-order chi connectivity index (χ1) is 12.4. The van der Waals surface area contributed by atoms with Crippen LogP contribution in [0.4, 0.5) is 9.39 Å². The molecule has 0 unspecified atom stereocenters. The quantitative estimate of drug-likeness (QED) is 0.827. The van der Waals surface area contributed by atoms with Gasteiger partial charge in [-0.05, 0) is 63.9 Å². The number of halogens is 1. The Morgan fingerprint density at radius 2 is 1.93 bits per heavy atom. The number of ether oxygens (including phenoxy) is 1. The summed E-state index contributed by atoms with van der Waals surface area (Å²) in [6.07, 6.45) is 0.520. The minimum absolute atomic E-state index is 0.326. The molecule has 1 aromatic heterocycles. The number of hydrogen-bond donors (Lipinski definition) is 2. The van der Waals surface area contributed by atoms with Crippen molar-refractivity contribution >= 4 is 28.2 Å². The Morgan fingerprint density at radius 1 is 1.26 bits per heavy atom. The number of benzene rings is 1. The van der Waals surface area contributed by atoms with Crippen molar-refractivity contribution in [2.75, 3.05) is 5.32 Å². The SMILES string of the molecule is Cc1cc(F)ccc1C(=O)Nc1sc2c(c1C(N)=O)CC(C)(C)OC2(C)C. The highest BCUT2D eigenvalue weighted by Gasteiger charge is 2.42. The Hall–Kier alpha value is -2.25. The van der Waals surface area contributed by atoms with Crippen LogP contribution in [0.1, 0.15) is 64.4 Å². The van der Waals surface area contributed by atoms with Crippen LogP contribution in [-0.2, 0) is 16.8 Å². The van der Waals surface area contributed by atoms with Gasteiger partial charge in [-0.2, -0.15) is 0 Å². The van der Waals surface area contributed by atoms with Crippen LogP contribution in [0.3, 0.4) is 0 Å². The molecule has 0 aliphatic carbocycles. The molecule has 0 radical (unpaired) electrons. The Morgan fingerprint density at radius 3 is 2.52 bits per heavy atom. The van der Waals surface area contributed by atoms with Crippen LogP contribution in [0.5, 0.6) is 0 Å². The lowest BCUT2D eigenvalue weighted by Crippen LogP contribution is -2.42. The summed E-state index contributed by atoms with van der Waals surface area (Å²) in [6.45, 7) is 9.44. The average molecular weight is 390 g/mol. The van der Waals surface area contributed by atoms with Crippen LogP contribution >= 0.6 is 11.3 Å². The first-order valence-electron chi connectivity index (χ1n) is 8.65. The summed E-state index contributed by atoms with van der Waals surface area (Å²) in [6, 6.07) is 3.95. The molecule has 1 aliphatic heterocycles. The number of aryl methyl sites for hydroxylation is 1. The Labute approximate surface area is 161 Å². The standard InChI is InChI=1S/C20H23FN2O3S/c1-10-8-11(21)6-7-12(10)17(25)23-18-14(16(22)24)13-9-19(2,3)26-20(4,5)15(13)27-18/h6-8H,9H2,1-5H3,(H2,22,24)(H,23,25). The molecule has 0 spiro atoms. The van der Waals surface area contributed by atoms with Gasteiger partial charge in [0.15, 0.2) is 0 Å². The maximum Gasteiger partial charge on any atom is 0.256 e. The maximum atomic E-state index is 13.3. The number of nitrogens with one attached hydrogen (secondary N) is 1. The van der Waals surface area contributed by atoms with E-state index in [1.165, 1.54) is 29.5 Å². The van der Waals surface area contributed by atoms with Crippen molar-refractivity contribution in [2.24, 2.45) is 5.73 Å². The van der Waals surface area contributed by atoms with Crippen LogP contribution < -0.4 is 11.1 Å². The van der Waals surface area contributed by atoms with E-state index in [0.717, 1.165) is 10.4 Å². The Balaban J connectivity index is 2.06. The fourth-order valence-electron chi connectivity index (χ4n) is 3.72. The molecule has 0 fully saturated rings. The molecule has 7 heteroatoms. The van der Waals surface area contributed by atoms with Crippen LogP contribution in [0.2, 0.25) is 0 Å². The van der Waals surface area contributed by atoms with Gasteiger partial charge in [-0.3, -0.25) is 9.59 Å². The lowest BCUT2D eigenvalue weighted by molar-refractivity contribution is -0.135. The second kappa shape index (κ2) is 6.42. The zero-order valence-corrected chi connectivity index (χ0v) is 16.8. The first-order valence-corrected chi connectivity index (χ1v) is 9.46. The third kappa shape index (κ3) is 3.61. The van der Waals surface area contributed by atoms with Crippen molar-refractivity contribution in [1.29, 1.82) is 0 Å². The lowest BCUT2D eigenvalue weighted by Gasteiger charge is -2.41. The van der Waals surface area contributed by atoms with Gasteiger partial charge in [0.25, 0.3) is 11.8 Å². The molecular weight excluding hydrogens is 367 g/mol. The molecule has 0 saturated carbocycles. The van der Waals surface area contributed by atoms with Gasteiger partial charge >= 0.3 is 0 Å². The van der Waals surface area contributed by atoms with E-state index in [1.807, 2.05) is 27.7 Å². The highest BCUT2D eigenvalue weighted by molar-refractivity contribution is 7.17. The third-order valence-corrected chi connectivity index (χ3v) is 6.05. The van der Waals surface area contributed by atoms with Gasteiger partial charge in [-0.25, -0.2) is 4.39 Å². The van der Waals surface area contributed by atoms with Crippen LogP contribution in [-0.4, -0.2) is 17.4 Å². The number of hydrogen-bond acceptors (Lipinski definition) is 4. The van der Waals surface area contributed by atoms with Crippen molar-refractivity contribution in [1.82, 2.24) is 0 Å². The van der Waals surface area contributed by atoms with Gasteiger partial charge in [0.2, 0.25) is 0 Å². The van der Waals surface area contributed by atoms with E-state index in [4.69, 9.17) is 10.5 Å². The molecule has 0 bridgehead atoms. The third-order valence-electron chi connectivity index (χ3n) is 4.59. The van der Waals surface area contributed by atoms with E-state index in [9.17, 15) is 14.0 Å². The normalized spacial score (nSPS) is 17.3. The van der Waals surface area contributed by atoms with E-state index in [2.05, 4.69) is 5.32 Å². The van der Waals surface area contributed by atoms with E-state index in [-0.39, 0.29) is 0 Å². The second-order valence-corrected chi connectivity index (χ2v) is 8.96. The number of fused-ring (bicyclic) bond motifs is 1. The summed E-state index contributed by atoms with van der Waals surface area (Å²) in [4.78, 5) is 25.8. The summed E-state index contributed by atoms with van der Waals surface area (Å²) >= 11 is 1.30. The number of thiophene rings is 1. The highest BCUT2D eigenvalue weighted by Crippen LogP contribution is 2.48. The summed E-state index contributed by atoms with van der Waals surface area (Å²) in [5, 5.41) is 3.19. The first kappa shape index (κ1) is 19.5. The molecule has 3 rings (SSSR count). The molecule has 0 saturated heterocycles. The average Bonchev–Trinajstić information content (AvgIpc) is 2.83. The van der Waals surface area contributed by atoms with Gasteiger partial charge in [0.1, 0.15) is 10.8 Å². The number of nitrogens with two attached hydrogens (primary N) is 1. The minimum Gasteiger partial charge on any atom is -0.365 e. The van der Waals surface area contributed by atoms with Gasteiger partial charge in [-0.15, -0.1) is 11.3 Å². The number of rotatable bonds is 3. The van der Waals surface area contributed by atoms with Crippen molar-refractivity contribution in [3.05, 3.63) is 51.1 Å². The number of primary amides is 1. The summed E-state index contributed by atoms with van der Waals surface area (Å²) in [5.74, 6) is -1.41. The van der Waals surface area contributed by atoms with E-state index < -0.39 is 28.8 Å². The molecule has 2 heterocycles. The van der Waals surface area contributed by atoms with Crippen LogP contribution in [0.25, 0.3) is 0 Å². The van der Waals surface area contributed by atoms with Gasteiger partial charge in [-0.1, -0.05) is 0 Å². The highest BCUT2D eigenvalue weighted by atomic mass is 32.1. The predicted octanol–water partition coefficient (Wildman–Crippen LogP) is 4.13. The Bertz CT molecular complexity index is 947. The summed E-state index contributed by atoms with van der Waals surface area (Å²) in [5.41, 5.74) is 6.58. The van der Waals surface area contributed by atoms with Gasteiger partial charge in [0.05, 0.1) is 16.8 Å². The second-order valence-electron chi connectivity index (χ2n) is 7.94. The van der Waals surface area contributed by atoms with Gasteiger partial charge < -0.3 is 15.8 Å². The minimum atomic E-state index is -0.610. The molecule has 2 amide bonds. The molecule has 3 N–H and O–H groups in total. The van der Waals surface area contributed by atoms with Gasteiger partial charge in [0, 0.05) is 16.9 Å². The van der Waals surface area contributed by atoms with Crippen molar-refractivity contribution in [2.45, 2.75) is 52.2 Å². The largest absolute Gasteiger partial charge is 0.365 e. The number of carbonyl (C=O) groups excluding carboxylic acids is 2. The molecule has 5 nitrogen and oxygen atoms in total. The van der Waals surface area contributed by atoms with Crippen molar-refractivity contribution in [3.63, 3.8) is 0 Å². The lowest BCUT2D eigenvalue weighted by atomic mass is 9.86. The molecule has 1 aromatic carbocycles. The smallest absolute Gasteiger partial charge is 0.256 e. The fraction of sp³-hybridized carbons (Fsp3) is 0.400. The van der Waals surface area contributed by atoms with Crippen molar-refractivity contribution < 1.29 is 18.7 Å². The number of anilines is 1. The Kier molecular flexibility index (Phi) is 4.64. The maximum absolute atomic E-state index is 13.3. The monoisotopic (exact) mass is 390 g/mol. The van der Waals surface area contributed by atoms with E-state index >= 15 is 0 Å². The number of carbonyl (C=O) groups is 2. The van der Waals surface area contributed by atoms with E-state index in [1.54, 1.807) is 6.92 Å². The van der Waals surface area contributed by atoms with Crippen LogP contribution in [0.15, 0.2) is 18.2 Å². The number of amides is 2. The summed E-state index contributed by atoms with van der Waals surface area (Å²) < 4.78 is 19.5.